The fourth-order valence-electron chi connectivity index (χ4n) is 3.11. The molecule has 0 radical (unpaired) electrons. The normalized spacial score (nSPS) is 11.2. The molecule has 6 heteroatoms. The average molecular weight is 324 g/mol. The van der Waals surface area contributed by atoms with Gasteiger partial charge in [0.2, 0.25) is 5.82 Å². The van der Waals surface area contributed by atoms with Crippen LogP contribution in [-0.4, -0.2) is 30.6 Å². The third-order valence-electron chi connectivity index (χ3n) is 4.23. The number of nitrogens with zero attached hydrogens (tertiary/aromatic N) is 5. The highest BCUT2D eigenvalue weighted by molar-refractivity contribution is 6.02. The van der Waals surface area contributed by atoms with Gasteiger partial charge in [-0.25, -0.2) is 9.97 Å². The van der Waals surface area contributed by atoms with Crippen molar-refractivity contribution >= 4 is 21.9 Å². The van der Waals surface area contributed by atoms with Crippen LogP contribution < -0.4 is 0 Å². The van der Waals surface area contributed by atoms with Gasteiger partial charge in [0.05, 0.1) is 5.52 Å². The third-order valence-corrected chi connectivity index (χ3v) is 4.23. The van der Waals surface area contributed by atoms with Crippen molar-refractivity contribution in [2.75, 3.05) is 0 Å². The van der Waals surface area contributed by atoms with Crippen LogP contribution in [0.3, 0.4) is 0 Å². The van der Waals surface area contributed by atoms with Gasteiger partial charge in [-0.05, 0) is 40.6 Å². The van der Waals surface area contributed by atoms with Crippen LogP contribution in [-0.2, 0) is 0 Å². The second kappa shape index (κ2) is 5.45. The quantitative estimate of drug-likeness (QED) is 0.502. The van der Waals surface area contributed by atoms with Gasteiger partial charge in [0.25, 0.3) is 0 Å². The smallest absolute Gasteiger partial charge is 0.205 e. The zero-order valence-corrected chi connectivity index (χ0v) is 13.1. The van der Waals surface area contributed by atoms with Crippen LogP contribution in [0.1, 0.15) is 0 Å². The molecule has 5 rings (SSSR count). The molecular weight excluding hydrogens is 312 g/mol. The Morgan fingerprint density at radius 1 is 0.800 bits per heavy atom. The van der Waals surface area contributed by atoms with Crippen molar-refractivity contribution in [1.29, 1.82) is 0 Å². The second-order valence-electron chi connectivity index (χ2n) is 5.69. The van der Waals surface area contributed by atoms with Gasteiger partial charge < -0.3 is 0 Å². The summed E-state index contributed by atoms with van der Waals surface area (Å²) in [4.78, 5) is 9.04. The molecule has 0 unspecified atom stereocenters. The number of fused-ring (bicyclic) bond motifs is 2. The molecule has 0 saturated carbocycles. The summed E-state index contributed by atoms with van der Waals surface area (Å²) < 4.78 is 0. The second-order valence-corrected chi connectivity index (χ2v) is 5.69. The monoisotopic (exact) mass is 324 g/mol. The lowest BCUT2D eigenvalue weighted by molar-refractivity contribution is 0.881. The number of aromatic amines is 1. The van der Waals surface area contributed by atoms with E-state index >= 15 is 0 Å². The lowest BCUT2D eigenvalue weighted by atomic mass is 9.95. The van der Waals surface area contributed by atoms with E-state index in [9.17, 15) is 0 Å². The minimum Gasteiger partial charge on any atom is -0.237 e. The number of aromatic nitrogens is 6. The first-order valence-electron chi connectivity index (χ1n) is 7.88. The first-order valence-corrected chi connectivity index (χ1v) is 7.88. The van der Waals surface area contributed by atoms with Crippen molar-refractivity contribution in [1.82, 2.24) is 30.6 Å². The number of pyridine rings is 2. The van der Waals surface area contributed by atoms with Crippen LogP contribution in [0.5, 0.6) is 0 Å². The topological polar surface area (TPSA) is 80.2 Å². The minimum absolute atomic E-state index is 0.572. The lowest BCUT2D eigenvalue weighted by Gasteiger charge is -2.10. The SMILES string of the molecule is c1ccc(-c2cccc3nc4ncccc4cc23)c(-c2nn[nH]n2)c1. The largest absolute Gasteiger partial charge is 0.237 e. The molecule has 5 aromatic rings. The zero-order valence-electron chi connectivity index (χ0n) is 13.1. The molecule has 2 aromatic carbocycles. The zero-order chi connectivity index (χ0) is 16.6. The predicted octanol–water partition coefficient (Wildman–Crippen LogP) is 3.63. The predicted molar refractivity (Wildman–Crippen MR) is 95.7 cm³/mol. The summed E-state index contributed by atoms with van der Waals surface area (Å²) in [5, 5.41) is 16.5. The molecule has 0 aliphatic heterocycles. The lowest BCUT2D eigenvalue weighted by Crippen LogP contribution is -1.91. The van der Waals surface area contributed by atoms with Crippen molar-refractivity contribution in [3.63, 3.8) is 0 Å². The van der Waals surface area contributed by atoms with E-state index in [4.69, 9.17) is 4.98 Å². The Balaban J connectivity index is 1.84. The molecule has 25 heavy (non-hydrogen) atoms. The van der Waals surface area contributed by atoms with Gasteiger partial charge in [-0.1, -0.05) is 36.4 Å². The van der Waals surface area contributed by atoms with E-state index in [1.54, 1.807) is 6.20 Å². The summed E-state index contributed by atoms with van der Waals surface area (Å²) in [5.41, 5.74) is 4.70. The molecule has 0 spiro atoms. The van der Waals surface area contributed by atoms with Gasteiger partial charge in [-0.3, -0.25) is 0 Å². The fraction of sp³-hybridized carbons (Fsp3) is 0. The van der Waals surface area contributed by atoms with Crippen molar-refractivity contribution < 1.29 is 0 Å². The maximum Gasteiger partial charge on any atom is 0.205 e. The number of tetrazole rings is 1. The molecule has 0 atom stereocenters. The highest BCUT2D eigenvalue weighted by Crippen LogP contribution is 2.35. The number of benzene rings is 2. The maximum absolute atomic E-state index is 4.70. The summed E-state index contributed by atoms with van der Waals surface area (Å²) in [5.74, 6) is 0.572. The number of H-pyrrole nitrogens is 1. The van der Waals surface area contributed by atoms with Gasteiger partial charge in [0.1, 0.15) is 0 Å². The Bertz CT molecular complexity index is 1200. The summed E-state index contributed by atoms with van der Waals surface area (Å²) in [6, 6.07) is 20.2. The minimum atomic E-state index is 0.572. The molecule has 3 aromatic heterocycles. The Labute approximate surface area is 142 Å². The first-order chi connectivity index (χ1) is 12.4. The van der Waals surface area contributed by atoms with Gasteiger partial charge >= 0.3 is 0 Å². The molecule has 0 amide bonds. The summed E-state index contributed by atoms with van der Waals surface area (Å²) >= 11 is 0. The van der Waals surface area contributed by atoms with Crippen molar-refractivity contribution in [3.05, 3.63) is 66.9 Å². The van der Waals surface area contributed by atoms with Crippen LogP contribution in [0.4, 0.5) is 0 Å². The molecule has 0 aliphatic carbocycles. The number of nitrogens with one attached hydrogen (secondary N) is 1. The maximum atomic E-state index is 4.70. The highest BCUT2D eigenvalue weighted by atomic mass is 15.5. The van der Waals surface area contributed by atoms with E-state index in [-0.39, 0.29) is 0 Å². The van der Waals surface area contributed by atoms with Crippen LogP contribution in [0.2, 0.25) is 0 Å². The van der Waals surface area contributed by atoms with E-state index in [1.165, 1.54) is 0 Å². The molecule has 0 saturated heterocycles. The third kappa shape index (κ3) is 2.23. The molecule has 0 fully saturated rings. The first kappa shape index (κ1) is 13.7. The van der Waals surface area contributed by atoms with Crippen LogP contribution >= 0.6 is 0 Å². The average Bonchev–Trinajstić information content (AvgIpc) is 3.20. The summed E-state index contributed by atoms with van der Waals surface area (Å²) in [6.45, 7) is 0. The Kier molecular flexibility index (Phi) is 3.00. The van der Waals surface area contributed by atoms with Crippen LogP contribution in [0.15, 0.2) is 66.9 Å². The molecule has 6 nitrogen and oxygen atoms in total. The van der Waals surface area contributed by atoms with Crippen molar-refractivity contribution in [2.45, 2.75) is 0 Å². The molecule has 0 bridgehead atoms. The molecule has 118 valence electrons. The number of rotatable bonds is 2. The Morgan fingerprint density at radius 3 is 2.56 bits per heavy atom. The standard InChI is InChI=1S/C19H12N6/c1-2-7-15(19-22-24-25-23-19)13(6-1)14-8-3-9-17-16(14)11-12-5-4-10-20-18(12)21-17/h1-11H,(H,22,23,24,25). The van der Waals surface area contributed by atoms with Gasteiger partial charge in [-0.15, -0.1) is 10.2 Å². The molecule has 3 heterocycles. The Morgan fingerprint density at radius 2 is 1.68 bits per heavy atom. The van der Waals surface area contributed by atoms with Crippen LogP contribution in [0, 0.1) is 0 Å². The van der Waals surface area contributed by atoms with Gasteiger partial charge in [0.15, 0.2) is 5.65 Å². The van der Waals surface area contributed by atoms with Crippen LogP contribution in [0.25, 0.3) is 44.5 Å². The van der Waals surface area contributed by atoms with E-state index in [0.29, 0.717) is 5.82 Å². The van der Waals surface area contributed by atoms with E-state index in [1.807, 2.05) is 42.5 Å². The van der Waals surface area contributed by atoms with E-state index < -0.39 is 0 Å². The molecular formula is C19H12N6. The summed E-state index contributed by atoms with van der Waals surface area (Å²) in [7, 11) is 0. The fourth-order valence-corrected chi connectivity index (χ4v) is 3.11. The van der Waals surface area contributed by atoms with Gasteiger partial charge in [-0.2, -0.15) is 5.21 Å². The summed E-state index contributed by atoms with van der Waals surface area (Å²) in [6.07, 6.45) is 1.76. The van der Waals surface area contributed by atoms with Gasteiger partial charge in [0, 0.05) is 22.5 Å². The number of hydrogen-bond acceptors (Lipinski definition) is 5. The van der Waals surface area contributed by atoms with E-state index in [2.05, 4.69) is 43.8 Å². The highest BCUT2D eigenvalue weighted by Gasteiger charge is 2.13. The van der Waals surface area contributed by atoms with E-state index in [0.717, 1.165) is 38.6 Å². The van der Waals surface area contributed by atoms with Crippen molar-refractivity contribution in [3.8, 4) is 22.5 Å². The molecule has 0 aliphatic rings. The Hall–Kier alpha value is -3.67. The number of hydrogen-bond donors (Lipinski definition) is 1. The van der Waals surface area contributed by atoms with Crippen molar-refractivity contribution in [2.24, 2.45) is 0 Å². The molecule has 1 N–H and O–H groups in total.